The van der Waals surface area contributed by atoms with Crippen LogP contribution in [0.4, 0.5) is 4.39 Å². The second-order valence-electron chi connectivity index (χ2n) is 5.33. The number of halogens is 1. The van der Waals surface area contributed by atoms with E-state index in [2.05, 4.69) is 13.8 Å². The van der Waals surface area contributed by atoms with Crippen molar-refractivity contribution in [1.82, 2.24) is 4.90 Å². The van der Waals surface area contributed by atoms with E-state index in [1.165, 1.54) is 12.1 Å². The van der Waals surface area contributed by atoms with Gasteiger partial charge in [0, 0.05) is 17.6 Å². The fourth-order valence-electron chi connectivity index (χ4n) is 2.50. The number of hydrogen-bond donors (Lipinski definition) is 0. The van der Waals surface area contributed by atoms with Crippen molar-refractivity contribution in [2.24, 2.45) is 0 Å². The van der Waals surface area contributed by atoms with Crippen LogP contribution in [0, 0.1) is 12.7 Å². The quantitative estimate of drug-likeness (QED) is 0.732. The summed E-state index contributed by atoms with van der Waals surface area (Å²) in [6.07, 6.45) is 2.07. The zero-order chi connectivity index (χ0) is 12.6. The molecule has 3 heteroatoms. The van der Waals surface area contributed by atoms with E-state index in [9.17, 15) is 9.18 Å². The van der Waals surface area contributed by atoms with E-state index in [4.69, 9.17) is 0 Å². The zero-order valence-electron chi connectivity index (χ0n) is 10.6. The topological polar surface area (TPSA) is 20.3 Å². The first-order chi connectivity index (χ1) is 7.92. The number of likely N-dealkylation sites (tertiary alicyclic amines) is 1. The molecule has 1 aromatic carbocycles. The number of carbonyl (C=O) groups excluding carboxylic acids is 1. The minimum Gasteiger partial charge on any atom is -0.334 e. The van der Waals surface area contributed by atoms with Crippen molar-refractivity contribution in [3.8, 4) is 0 Å². The lowest BCUT2D eigenvalue weighted by atomic mass is 10.0. The van der Waals surface area contributed by atoms with E-state index < -0.39 is 0 Å². The van der Waals surface area contributed by atoms with Crippen LogP contribution in [-0.4, -0.2) is 22.9 Å². The number of aryl methyl sites for hydroxylation is 1. The normalized spacial score (nSPS) is 18.5. The summed E-state index contributed by atoms with van der Waals surface area (Å²) >= 11 is 0. The third-order valence-electron chi connectivity index (χ3n) is 3.57. The van der Waals surface area contributed by atoms with Crippen molar-refractivity contribution >= 4 is 5.91 Å². The van der Waals surface area contributed by atoms with Gasteiger partial charge < -0.3 is 4.90 Å². The van der Waals surface area contributed by atoms with Crippen LogP contribution >= 0.6 is 0 Å². The summed E-state index contributed by atoms with van der Waals surface area (Å²) in [5, 5.41) is 0. The largest absolute Gasteiger partial charge is 0.334 e. The molecule has 1 amide bonds. The van der Waals surface area contributed by atoms with Crippen molar-refractivity contribution < 1.29 is 9.18 Å². The van der Waals surface area contributed by atoms with E-state index in [0.717, 1.165) is 19.4 Å². The Morgan fingerprint density at radius 2 is 2.12 bits per heavy atom. The van der Waals surface area contributed by atoms with Crippen LogP contribution in [0.2, 0.25) is 0 Å². The molecule has 1 fully saturated rings. The fourth-order valence-corrected chi connectivity index (χ4v) is 2.50. The van der Waals surface area contributed by atoms with Crippen LogP contribution in [-0.2, 0) is 0 Å². The average Bonchev–Trinajstić information content (AvgIpc) is 2.57. The van der Waals surface area contributed by atoms with Gasteiger partial charge >= 0.3 is 0 Å². The van der Waals surface area contributed by atoms with Gasteiger partial charge in [0.2, 0.25) is 0 Å². The highest BCUT2D eigenvalue weighted by molar-refractivity contribution is 5.96. The first-order valence-corrected chi connectivity index (χ1v) is 6.00. The number of nitrogens with zero attached hydrogens (tertiary/aromatic N) is 1. The smallest absolute Gasteiger partial charge is 0.254 e. The highest BCUT2D eigenvalue weighted by atomic mass is 19.1. The second kappa shape index (κ2) is 4.13. The molecule has 1 heterocycles. The lowest BCUT2D eigenvalue weighted by Gasteiger charge is -2.32. The van der Waals surface area contributed by atoms with Crippen molar-refractivity contribution in [3.05, 3.63) is 35.1 Å². The Bertz CT molecular complexity index is 454. The summed E-state index contributed by atoms with van der Waals surface area (Å²) in [6.45, 7) is 6.73. The number of rotatable bonds is 1. The number of benzene rings is 1. The van der Waals surface area contributed by atoms with Crippen LogP contribution in [0.3, 0.4) is 0 Å². The molecule has 92 valence electrons. The van der Waals surface area contributed by atoms with E-state index in [1.54, 1.807) is 13.0 Å². The molecule has 1 saturated heterocycles. The maximum atomic E-state index is 13.0. The Morgan fingerprint density at radius 3 is 2.65 bits per heavy atom. The maximum absolute atomic E-state index is 13.0. The van der Waals surface area contributed by atoms with Crippen molar-refractivity contribution in [1.29, 1.82) is 0 Å². The summed E-state index contributed by atoms with van der Waals surface area (Å²) in [4.78, 5) is 14.3. The number of amides is 1. The summed E-state index contributed by atoms with van der Waals surface area (Å²) in [7, 11) is 0. The summed E-state index contributed by atoms with van der Waals surface area (Å²) in [6, 6.07) is 4.35. The van der Waals surface area contributed by atoms with Crippen LogP contribution in [0.25, 0.3) is 0 Å². The van der Waals surface area contributed by atoms with Crippen LogP contribution < -0.4 is 0 Å². The van der Waals surface area contributed by atoms with Crippen molar-refractivity contribution in [2.75, 3.05) is 6.54 Å². The molecule has 0 saturated carbocycles. The number of carbonyl (C=O) groups is 1. The standard InChI is InChI=1S/C14H18FNO/c1-10-9-11(15)5-6-12(10)13(17)16-8-4-7-14(16,2)3/h5-6,9H,4,7-8H2,1-3H3. The molecule has 0 aromatic heterocycles. The predicted octanol–water partition coefficient (Wildman–Crippen LogP) is 3.15. The monoisotopic (exact) mass is 235 g/mol. The fraction of sp³-hybridized carbons (Fsp3) is 0.500. The first-order valence-electron chi connectivity index (χ1n) is 6.00. The molecule has 0 atom stereocenters. The minimum absolute atomic E-state index is 0.0185. The summed E-state index contributed by atoms with van der Waals surface area (Å²) in [5.41, 5.74) is 1.23. The van der Waals surface area contributed by atoms with Crippen LogP contribution in [0.15, 0.2) is 18.2 Å². The zero-order valence-corrected chi connectivity index (χ0v) is 10.6. The highest BCUT2D eigenvalue weighted by Crippen LogP contribution is 2.30. The third-order valence-corrected chi connectivity index (χ3v) is 3.57. The van der Waals surface area contributed by atoms with Gasteiger partial charge in [-0.15, -0.1) is 0 Å². The summed E-state index contributed by atoms with van der Waals surface area (Å²) in [5.74, 6) is -0.273. The van der Waals surface area contributed by atoms with Gasteiger partial charge in [0.15, 0.2) is 0 Å². The van der Waals surface area contributed by atoms with E-state index in [0.29, 0.717) is 11.1 Å². The lowest BCUT2D eigenvalue weighted by Crippen LogP contribution is -2.42. The molecule has 0 N–H and O–H groups in total. The van der Waals surface area contributed by atoms with Crippen molar-refractivity contribution in [3.63, 3.8) is 0 Å². The Labute approximate surface area is 101 Å². The molecule has 2 rings (SSSR count). The van der Waals surface area contributed by atoms with Gasteiger partial charge in [0.1, 0.15) is 5.82 Å². The van der Waals surface area contributed by atoms with Crippen LogP contribution in [0.1, 0.15) is 42.6 Å². The molecule has 0 aliphatic carbocycles. The first kappa shape index (κ1) is 12.1. The Balaban J connectivity index is 2.31. The molecule has 0 spiro atoms. The maximum Gasteiger partial charge on any atom is 0.254 e. The van der Waals surface area contributed by atoms with Crippen molar-refractivity contribution in [2.45, 2.75) is 39.2 Å². The van der Waals surface area contributed by atoms with Gasteiger partial charge in [-0.1, -0.05) is 0 Å². The molecule has 17 heavy (non-hydrogen) atoms. The van der Waals surface area contributed by atoms with Gasteiger partial charge in [0.25, 0.3) is 5.91 Å². The summed E-state index contributed by atoms with van der Waals surface area (Å²) < 4.78 is 13.0. The van der Waals surface area contributed by atoms with Crippen LogP contribution in [0.5, 0.6) is 0 Å². The van der Waals surface area contributed by atoms with Gasteiger partial charge in [-0.05, 0) is 57.4 Å². The Morgan fingerprint density at radius 1 is 1.41 bits per heavy atom. The predicted molar refractivity (Wildman–Crippen MR) is 65.5 cm³/mol. The molecule has 1 aromatic rings. The van der Waals surface area contributed by atoms with Gasteiger partial charge in [-0.3, -0.25) is 4.79 Å². The molecule has 2 nitrogen and oxygen atoms in total. The molecule has 1 aliphatic heterocycles. The Kier molecular flexibility index (Phi) is 2.94. The van der Waals surface area contributed by atoms with E-state index in [-0.39, 0.29) is 17.3 Å². The third kappa shape index (κ3) is 2.19. The molecule has 0 unspecified atom stereocenters. The molecule has 0 bridgehead atoms. The molecule has 1 aliphatic rings. The second-order valence-corrected chi connectivity index (χ2v) is 5.33. The van der Waals surface area contributed by atoms with Gasteiger partial charge in [0.05, 0.1) is 0 Å². The number of hydrogen-bond acceptors (Lipinski definition) is 1. The minimum atomic E-state index is -0.292. The SMILES string of the molecule is Cc1cc(F)ccc1C(=O)N1CCCC1(C)C. The van der Waals surface area contributed by atoms with E-state index in [1.807, 2.05) is 4.90 Å². The lowest BCUT2D eigenvalue weighted by molar-refractivity contribution is 0.0651. The average molecular weight is 235 g/mol. The highest BCUT2D eigenvalue weighted by Gasteiger charge is 2.36. The van der Waals surface area contributed by atoms with Gasteiger partial charge in [-0.25, -0.2) is 4.39 Å². The van der Waals surface area contributed by atoms with E-state index >= 15 is 0 Å². The van der Waals surface area contributed by atoms with Gasteiger partial charge in [-0.2, -0.15) is 0 Å². The molecular weight excluding hydrogens is 217 g/mol. The molecule has 0 radical (unpaired) electrons. The molecular formula is C14H18FNO. The Hall–Kier alpha value is -1.38.